The van der Waals surface area contributed by atoms with Gasteiger partial charge in [0.05, 0.1) is 17.2 Å². The number of ketones is 1. The number of nitriles is 1. The SMILES string of the molecule is N#Cc1cccc(C(=O)OCC(=O)c2ccc(I)cc2)c1. The minimum absolute atomic E-state index is 0.254. The van der Waals surface area contributed by atoms with Gasteiger partial charge in [0.25, 0.3) is 0 Å². The van der Waals surface area contributed by atoms with E-state index in [9.17, 15) is 9.59 Å². The summed E-state index contributed by atoms with van der Waals surface area (Å²) in [6, 6.07) is 15.1. The van der Waals surface area contributed by atoms with E-state index in [1.807, 2.05) is 18.2 Å². The molecule has 0 N–H and O–H groups in total. The molecule has 21 heavy (non-hydrogen) atoms. The molecule has 4 nitrogen and oxygen atoms in total. The van der Waals surface area contributed by atoms with Crippen LogP contribution < -0.4 is 0 Å². The van der Waals surface area contributed by atoms with Gasteiger partial charge in [-0.05, 0) is 52.9 Å². The average Bonchev–Trinajstić information content (AvgIpc) is 2.53. The van der Waals surface area contributed by atoms with E-state index in [-0.39, 0.29) is 18.0 Å². The zero-order valence-electron chi connectivity index (χ0n) is 10.9. The van der Waals surface area contributed by atoms with Gasteiger partial charge in [-0.1, -0.05) is 18.2 Å². The highest BCUT2D eigenvalue weighted by atomic mass is 127. The first kappa shape index (κ1) is 15.2. The topological polar surface area (TPSA) is 67.2 Å². The summed E-state index contributed by atoms with van der Waals surface area (Å²) in [6.07, 6.45) is 0. The van der Waals surface area contributed by atoms with Crippen LogP contribution in [0.5, 0.6) is 0 Å². The molecular weight excluding hydrogens is 381 g/mol. The number of benzene rings is 2. The van der Waals surface area contributed by atoms with E-state index >= 15 is 0 Å². The fraction of sp³-hybridized carbons (Fsp3) is 0.0625. The van der Waals surface area contributed by atoms with Crippen LogP contribution in [0, 0.1) is 14.9 Å². The van der Waals surface area contributed by atoms with Crippen molar-refractivity contribution < 1.29 is 14.3 Å². The second-order valence-electron chi connectivity index (χ2n) is 4.20. The number of rotatable bonds is 4. The van der Waals surface area contributed by atoms with Crippen molar-refractivity contribution in [1.29, 1.82) is 5.26 Å². The third kappa shape index (κ3) is 4.13. The third-order valence-corrected chi connectivity index (χ3v) is 3.45. The molecule has 0 unspecified atom stereocenters. The number of carbonyl (C=O) groups is 2. The molecule has 2 aromatic carbocycles. The lowest BCUT2D eigenvalue weighted by molar-refractivity contribution is 0.0474. The van der Waals surface area contributed by atoms with Crippen molar-refractivity contribution in [2.45, 2.75) is 0 Å². The fourth-order valence-corrected chi connectivity index (χ4v) is 2.01. The number of hydrogen-bond donors (Lipinski definition) is 0. The Morgan fingerprint density at radius 2 is 1.81 bits per heavy atom. The standard InChI is InChI=1S/C16H10INO3/c17-14-6-4-12(5-7-14)15(19)10-21-16(20)13-3-1-2-11(8-13)9-18/h1-8H,10H2. The van der Waals surface area contributed by atoms with E-state index in [4.69, 9.17) is 10.00 Å². The van der Waals surface area contributed by atoms with Crippen LogP contribution in [-0.2, 0) is 4.74 Å². The normalized spacial score (nSPS) is 9.71. The quantitative estimate of drug-likeness (QED) is 0.456. The lowest BCUT2D eigenvalue weighted by Gasteiger charge is -2.05. The molecule has 5 heteroatoms. The van der Waals surface area contributed by atoms with Crippen LogP contribution in [0.4, 0.5) is 0 Å². The van der Waals surface area contributed by atoms with Gasteiger partial charge in [-0.3, -0.25) is 4.79 Å². The van der Waals surface area contributed by atoms with E-state index in [1.165, 1.54) is 6.07 Å². The molecule has 0 amide bonds. The minimum atomic E-state index is -0.619. The summed E-state index contributed by atoms with van der Waals surface area (Å²) in [6.45, 7) is -0.323. The zero-order valence-corrected chi connectivity index (χ0v) is 13.0. The predicted octanol–water partition coefficient (Wildman–Crippen LogP) is 3.20. The number of halogens is 1. The Morgan fingerprint density at radius 3 is 2.48 bits per heavy atom. The van der Waals surface area contributed by atoms with Gasteiger partial charge >= 0.3 is 5.97 Å². The number of nitrogens with zero attached hydrogens (tertiary/aromatic N) is 1. The maximum Gasteiger partial charge on any atom is 0.338 e. The van der Waals surface area contributed by atoms with E-state index in [0.29, 0.717) is 11.1 Å². The van der Waals surface area contributed by atoms with E-state index in [1.54, 1.807) is 30.3 Å². The molecule has 2 rings (SSSR count). The Kier molecular flexibility index (Phi) is 5.06. The largest absolute Gasteiger partial charge is 0.454 e. The Morgan fingerprint density at radius 1 is 1.10 bits per heavy atom. The summed E-state index contributed by atoms with van der Waals surface area (Å²) in [5.74, 6) is -0.887. The van der Waals surface area contributed by atoms with Crippen LogP contribution in [-0.4, -0.2) is 18.4 Å². The second-order valence-corrected chi connectivity index (χ2v) is 5.44. The third-order valence-electron chi connectivity index (χ3n) is 2.73. The Balaban J connectivity index is 1.99. The first-order chi connectivity index (χ1) is 10.1. The molecule has 0 saturated heterocycles. The molecule has 0 atom stereocenters. The van der Waals surface area contributed by atoms with E-state index in [0.717, 1.165) is 3.57 Å². The van der Waals surface area contributed by atoms with Crippen molar-refractivity contribution in [2.24, 2.45) is 0 Å². The number of hydrogen-bond acceptors (Lipinski definition) is 4. The number of esters is 1. The molecule has 0 aromatic heterocycles. The van der Waals surface area contributed by atoms with Crippen LogP contribution in [0.1, 0.15) is 26.3 Å². The smallest absolute Gasteiger partial charge is 0.338 e. The van der Waals surface area contributed by atoms with Gasteiger partial charge in [-0.2, -0.15) is 5.26 Å². The average molecular weight is 391 g/mol. The first-order valence-corrected chi connectivity index (χ1v) is 7.14. The molecule has 0 saturated carbocycles. The van der Waals surface area contributed by atoms with E-state index < -0.39 is 5.97 Å². The van der Waals surface area contributed by atoms with Crippen LogP contribution in [0.15, 0.2) is 48.5 Å². The van der Waals surface area contributed by atoms with Crippen molar-refractivity contribution in [3.05, 3.63) is 68.8 Å². The van der Waals surface area contributed by atoms with Gasteiger partial charge < -0.3 is 4.74 Å². The van der Waals surface area contributed by atoms with Crippen molar-refractivity contribution >= 4 is 34.3 Å². The van der Waals surface area contributed by atoms with Crippen molar-refractivity contribution in [2.75, 3.05) is 6.61 Å². The summed E-state index contributed by atoms with van der Waals surface area (Å²) in [5, 5.41) is 8.78. The lowest BCUT2D eigenvalue weighted by atomic mass is 10.1. The Hall–Kier alpha value is -2.20. The summed E-state index contributed by atoms with van der Waals surface area (Å²) in [4.78, 5) is 23.7. The van der Waals surface area contributed by atoms with Gasteiger partial charge in [0, 0.05) is 9.13 Å². The van der Waals surface area contributed by atoms with Crippen LogP contribution in [0.2, 0.25) is 0 Å². The molecule has 0 aliphatic rings. The molecule has 0 spiro atoms. The number of ether oxygens (including phenoxy) is 1. The maximum atomic E-state index is 11.9. The first-order valence-electron chi connectivity index (χ1n) is 6.06. The van der Waals surface area contributed by atoms with Gasteiger partial charge in [-0.15, -0.1) is 0 Å². The van der Waals surface area contributed by atoms with Gasteiger partial charge in [0.2, 0.25) is 0 Å². The van der Waals surface area contributed by atoms with Gasteiger partial charge in [0.15, 0.2) is 12.4 Å². The fourth-order valence-electron chi connectivity index (χ4n) is 1.65. The van der Waals surface area contributed by atoms with Crippen molar-refractivity contribution in [1.82, 2.24) is 0 Å². The van der Waals surface area contributed by atoms with Crippen molar-refractivity contribution in [3.8, 4) is 6.07 Å². The molecule has 0 bridgehead atoms. The van der Waals surface area contributed by atoms with Gasteiger partial charge in [-0.25, -0.2) is 4.79 Å². The number of Topliss-reactive ketones (excluding diaryl/α,β-unsaturated/α-hetero) is 1. The zero-order chi connectivity index (χ0) is 15.2. The van der Waals surface area contributed by atoms with Gasteiger partial charge in [0.1, 0.15) is 0 Å². The summed E-state index contributed by atoms with van der Waals surface area (Å²) in [5.41, 5.74) is 1.12. The molecule has 0 radical (unpaired) electrons. The van der Waals surface area contributed by atoms with Crippen molar-refractivity contribution in [3.63, 3.8) is 0 Å². The Labute approximate surface area is 135 Å². The maximum absolute atomic E-state index is 11.9. The van der Waals surface area contributed by atoms with Crippen LogP contribution in [0.25, 0.3) is 0 Å². The predicted molar refractivity (Wildman–Crippen MR) is 84.9 cm³/mol. The highest BCUT2D eigenvalue weighted by Crippen LogP contribution is 2.09. The molecule has 0 aliphatic heterocycles. The van der Waals surface area contributed by atoms with Crippen LogP contribution >= 0.6 is 22.6 Å². The Bertz CT molecular complexity index is 717. The highest BCUT2D eigenvalue weighted by Gasteiger charge is 2.12. The number of carbonyl (C=O) groups excluding carboxylic acids is 2. The molecule has 0 heterocycles. The van der Waals surface area contributed by atoms with Crippen LogP contribution in [0.3, 0.4) is 0 Å². The monoisotopic (exact) mass is 391 g/mol. The second kappa shape index (κ2) is 6.99. The molecule has 104 valence electrons. The lowest BCUT2D eigenvalue weighted by Crippen LogP contribution is -2.14. The highest BCUT2D eigenvalue weighted by molar-refractivity contribution is 14.1. The molecule has 2 aromatic rings. The summed E-state index contributed by atoms with van der Waals surface area (Å²) < 4.78 is 6.00. The molecule has 0 fully saturated rings. The minimum Gasteiger partial charge on any atom is -0.454 e. The molecular formula is C16H10INO3. The van der Waals surface area contributed by atoms with E-state index in [2.05, 4.69) is 22.6 Å². The summed E-state index contributed by atoms with van der Waals surface area (Å²) >= 11 is 2.14. The molecule has 0 aliphatic carbocycles. The summed E-state index contributed by atoms with van der Waals surface area (Å²) in [7, 11) is 0.